The minimum atomic E-state index is 0.216. The van der Waals surface area contributed by atoms with Crippen molar-refractivity contribution >= 4 is 0 Å². The lowest BCUT2D eigenvalue weighted by Gasteiger charge is -2.48. The molecule has 0 aliphatic carbocycles. The topological polar surface area (TPSA) is 41.7 Å². The summed E-state index contributed by atoms with van der Waals surface area (Å²) in [7, 11) is 2.22. The maximum Gasteiger partial charge on any atom is 0.0620 e. The zero-order valence-electron chi connectivity index (χ0n) is 11.3. The third-order valence-corrected chi connectivity index (χ3v) is 4.50. The van der Waals surface area contributed by atoms with Crippen LogP contribution < -0.4 is 5.73 Å². The Hall–Kier alpha value is -0.160. The fourth-order valence-corrected chi connectivity index (χ4v) is 3.35. The SMILES string of the molecule is CC1COCCN1C1(CN)CCCN(C)CC1. The number of hydrogen-bond donors (Lipinski definition) is 1. The zero-order valence-corrected chi connectivity index (χ0v) is 11.3. The number of nitrogens with zero attached hydrogens (tertiary/aromatic N) is 2. The molecule has 2 saturated heterocycles. The van der Waals surface area contributed by atoms with Gasteiger partial charge in [0.15, 0.2) is 0 Å². The van der Waals surface area contributed by atoms with Crippen molar-refractivity contribution in [3.8, 4) is 0 Å². The molecule has 17 heavy (non-hydrogen) atoms. The Labute approximate surface area is 105 Å². The van der Waals surface area contributed by atoms with Crippen molar-refractivity contribution in [1.82, 2.24) is 9.80 Å². The molecular formula is C13H27N3O. The van der Waals surface area contributed by atoms with Crippen molar-refractivity contribution in [3.05, 3.63) is 0 Å². The number of hydrogen-bond acceptors (Lipinski definition) is 4. The van der Waals surface area contributed by atoms with Crippen molar-refractivity contribution in [2.45, 2.75) is 37.8 Å². The molecule has 4 heteroatoms. The Morgan fingerprint density at radius 3 is 2.82 bits per heavy atom. The average Bonchev–Trinajstić information content (AvgIpc) is 2.53. The highest BCUT2D eigenvalue weighted by Gasteiger charge is 2.39. The van der Waals surface area contributed by atoms with Crippen LogP contribution in [-0.4, -0.2) is 67.8 Å². The minimum absolute atomic E-state index is 0.216. The molecule has 2 heterocycles. The molecule has 2 N–H and O–H groups in total. The lowest BCUT2D eigenvalue weighted by Crippen LogP contribution is -2.61. The number of likely N-dealkylation sites (tertiary alicyclic amines) is 1. The van der Waals surface area contributed by atoms with Crippen molar-refractivity contribution in [3.63, 3.8) is 0 Å². The highest BCUT2D eigenvalue weighted by molar-refractivity contribution is 4.97. The Morgan fingerprint density at radius 1 is 1.29 bits per heavy atom. The summed E-state index contributed by atoms with van der Waals surface area (Å²) in [5, 5.41) is 0. The lowest BCUT2D eigenvalue weighted by molar-refractivity contribution is -0.0612. The summed E-state index contributed by atoms with van der Waals surface area (Å²) in [5.41, 5.74) is 6.36. The van der Waals surface area contributed by atoms with Gasteiger partial charge in [-0.25, -0.2) is 0 Å². The quantitative estimate of drug-likeness (QED) is 0.765. The van der Waals surface area contributed by atoms with Gasteiger partial charge >= 0.3 is 0 Å². The van der Waals surface area contributed by atoms with Crippen LogP contribution in [0.5, 0.6) is 0 Å². The van der Waals surface area contributed by atoms with Gasteiger partial charge in [-0.1, -0.05) is 0 Å². The second-order valence-corrected chi connectivity index (χ2v) is 5.70. The molecular weight excluding hydrogens is 214 g/mol. The summed E-state index contributed by atoms with van der Waals surface area (Å²) in [6.45, 7) is 8.19. The molecule has 0 aromatic carbocycles. The van der Waals surface area contributed by atoms with Crippen molar-refractivity contribution in [2.24, 2.45) is 5.73 Å². The summed E-state index contributed by atoms with van der Waals surface area (Å²) in [5.74, 6) is 0. The van der Waals surface area contributed by atoms with Gasteiger partial charge in [-0.2, -0.15) is 0 Å². The molecule has 2 rings (SSSR count). The molecule has 2 atom stereocenters. The van der Waals surface area contributed by atoms with E-state index in [0.29, 0.717) is 6.04 Å². The molecule has 0 saturated carbocycles. The van der Waals surface area contributed by atoms with E-state index in [9.17, 15) is 0 Å². The molecule has 2 aliphatic rings. The van der Waals surface area contributed by atoms with Gasteiger partial charge in [0.05, 0.1) is 13.2 Å². The first-order valence-corrected chi connectivity index (χ1v) is 6.91. The number of ether oxygens (including phenoxy) is 1. The predicted octanol–water partition coefficient (Wildman–Crippen LogP) is 0.520. The van der Waals surface area contributed by atoms with Crippen LogP contribution >= 0.6 is 0 Å². The maximum atomic E-state index is 6.15. The molecule has 0 bridgehead atoms. The highest BCUT2D eigenvalue weighted by Crippen LogP contribution is 2.30. The van der Waals surface area contributed by atoms with Gasteiger partial charge in [0.2, 0.25) is 0 Å². The third kappa shape index (κ3) is 2.81. The third-order valence-electron chi connectivity index (χ3n) is 4.50. The fraction of sp³-hybridized carbons (Fsp3) is 1.00. The van der Waals surface area contributed by atoms with Crippen LogP contribution in [0.15, 0.2) is 0 Å². The lowest BCUT2D eigenvalue weighted by atomic mass is 9.87. The van der Waals surface area contributed by atoms with Gasteiger partial charge in [0, 0.05) is 24.7 Å². The van der Waals surface area contributed by atoms with Crippen molar-refractivity contribution in [2.75, 3.05) is 46.4 Å². The summed E-state index contributed by atoms with van der Waals surface area (Å²) in [6.07, 6.45) is 3.69. The van der Waals surface area contributed by atoms with Gasteiger partial charge in [-0.3, -0.25) is 4.90 Å². The van der Waals surface area contributed by atoms with Gasteiger partial charge in [0.25, 0.3) is 0 Å². The predicted molar refractivity (Wildman–Crippen MR) is 70.1 cm³/mol. The first-order chi connectivity index (χ1) is 8.18. The molecule has 100 valence electrons. The molecule has 0 aromatic rings. The van der Waals surface area contributed by atoms with E-state index in [1.807, 2.05) is 0 Å². The van der Waals surface area contributed by atoms with Crippen LogP contribution in [0, 0.1) is 0 Å². The largest absolute Gasteiger partial charge is 0.379 e. The molecule has 4 nitrogen and oxygen atoms in total. The van der Waals surface area contributed by atoms with E-state index in [2.05, 4.69) is 23.8 Å². The van der Waals surface area contributed by atoms with Crippen LogP contribution in [-0.2, 0) is 4.74 Å². The minimum Gasteiger partial charge on any atom is -0.379 e. The van der Waals surface area contributed by atoms with Gasteiger partial charge in [0.1, 0.15) is 0 Å². The van der Waals surface area contributed by atoms with Crippen LogP contribution in [0.4, 0.5) is 0 Å². The van der Waals surface area contributed by atoms with Gasteiger partial charge < -0.3 is 15.4 Å². The van der Waals surface area contributed by atoms with Crippen molar-refractivity contribution < 1.29 is 4.74 Å². The Morgan fingerprint density at radius 2 is 2.12 bits per heavy atom. The average molecular weight is 241 g/mol. The van der Waals surface area contributed by atoms with Crippen LogP contribution in [0.3, 0.4) is 0 Å². The van der Waals surface area contributed by atoms with Crippen molar-refractivity contribution in [1.29, 1.82) is 0 Å². The second-order valence-electron chi connectivity index (χ2n) is 5.70. The van der Waals surface area contributed by atoms with E-state index in [-0.39, 0.29) is 5.54 Å². The van der Waals surface area contributed by atoms with E-state index in [1.165, 1.54) is 32.4 Å². The van der Waals surface area contributed by atoms with Crippen LogP contribution in [0.25, 0.3) is 0 Å². The standard InChI is InChI=1S/C13H27N3O/c1-12-10-17-9-8-16(12)13(11-14)4-3-6-15(2)7-5-13/h12H,3-11,14H2,1-2H3. The molecule has 0 spiro atoms. The molecule has 2 unspecified atom stereocenters. The Kier molecular flexibility index (Phi) is 4.42. The summed E-state index contributed by atoms with van der Waals surface area (Å²) >= 11 is 0. The monoisotopic (exact) mass is 241 g/mol. The summed E-state index contributed by atoms with van der Waals surface area (Å²) < 4.78 is 5.55. The molecule has 2 fully saturated rings. The molecule has 0 aromatic heterocycles. The fourth-order valence-electron chi connectivity index (χ4n) is 3.35. The van der Waals surface area contributed by atoms with E-state index in [4.69, 9.17) is 10.5 Å². The Bertz CT molecular complexity index is 249. The summed E-state index contributed by atoms with van der Waals surface area (Å²) in [6, 6.07) is 0.510. The highest BCUT2D eigenvalue weighted by atomic mass is 16.5. The van der Waals surface area contributed by atoms with Gasteiger partial charge in [-0.05, 0) is 46.3 Å². The number of nitrogens with two attached hydrogens (primary N) is 1. The zero-order chi connectivity index (χ0) is 12.3. The molecule has 2 aliphatic heterocycles. The number of rotatable bonds is 2. The van der Waals surface area contributed by atoms with E-state index in [0.717, 1.165) is 26.3 Å². The maximum absolute atomic E-state index is 6.15. The van der Waals surface area contributed by atoms with E-state index in [1.54, 1.807) is 0 Å². The van der Waals surface area contributed by atoms with E-state index >= 15 is 0 Å². The van der Waals surface area contributed by atoms with E-state index < -0.39 is 0 Å². The first-order valence-electron chi connectivity index (χ1n) is 6.91. The van der Waals surface area contributed by atoms with Crippen LogP contribution in [0.2, 0.25) is 0 Å². The molecule has 0 amide bonds. The number of morpholine rings is 1. The normalized spacial score (nSPS) is 37.9. The van der Waals surface area contributed by atoms with Gasteiger partial charge in [-0.15, -0.1) is 0 Å². The summed E-state index contributed by atoms with van der Waals surface area (Å²) in [4.78, 5) is 5.05. The van der Waals surface area contributed by atoms with Crippen LogP contribution in [0.1, 0.15) is 26.2 Å². The molecule has 0 radical (unpaired) electrons. The first kappa shape index (κ1) is 13.3. The smallest absolute Gasteiger partial charge is 0.0620 e. The second kappa shape index (κ2) is 5.65. The Balaban J connectivity index is 2.11.